The van der Waals surface area contributed by atoms with E-state index in [1.54, 1.807) is 0 Å². The molecular weight excluding hydrogens is 572 g/mol. The van der Waals surface area contributed by atoms with Gasteiger partial charge in [-0.25, -0.2) is 0 Å². The van der Waals surface area contributed by atoms with E-state index in [1.165, 1.54) is 24.0 Å². The van der Waals surface area contributed by atoms with E-state index in [1.807, 2.05) is 12.2 Å². The fourth-order valence-electron chi connectivity index (χ4n) is 14.4. The van der Waals surface area contributed by atoms with Gasteiger partial charge in [0.2, 0.25) is 0 Å². The van der Waals surface area contributed by atoms with Crippen LogP contribution in [0, 0.1) is 63.1 Å². The average Bonchev–Trinajstić information content (AvgIpc) is 3.51. The predicted octanol–water partition coefficient (Wildman–Crippen LogP) is 8.33. The van der Waals surface area contributed by atoms with Crippen molar-refractivity contribution in [3.8, 4) is 0 Å². The topological polar surface area (TPSA) is 80.7 Å². The van der Waals surface area contributed by atoms with Crippen molar-refractivity contribution in [3.63, 3.8) is 0 Å². The van der Waals surface area contributed by atoms with E-state index in [9.17, 15) is 19.5 Å². The second-order valence-corrected chi connectivity index (χ2v) is 18.5. The van der Waals surface area contributed by atoms with Gasteiger partial charge in [-0.15, -0.1) is 0 Å². The van der Waals surface area contributed by atoms with Gasteiger partial charge in [-0.1, -0.05) is 38.8 Å². The number of aliphatic hydroxyl groups is 1. The Bertz CT molecular complexity index is 1380. The largest absolute Gasteiger partial charge is 0.462 e. The minimum absolute atomic E-state index is 0.00784. The average molecular weight is 631 g/mol. The molecule has 0 radical (unpaired) electrons. The third-order valence-electron chi connectivity index (χ3n) is 17.1. The summed E-state index contributed by atoms with van der Waals surface area (Å²) < 4.78 is 6.46. The molecule has 8 rings (SSSR count). The highest BCUT2D eigenvalue weighted by molar-refractivity contribution is 5.92. The van der Waals surface area contributed by atoms with Crippen LogP contribution in [0.25, 0.3) is 0 Å². The van der Waals surface area contributed by atoms with Crippen LogP contribution < -0.4 is 0 Å². The molecule has 0 spiro atoms. The second-order valence-electron chi connectivity index (χ2n) is 18.5. The lowest BCUT2D eigenvalue weighted by Gasteiger charge is -2.60. The van der Waals surface area contributed by atoms with E-state index in [-0.39, 0.29) is 51.5 Å². The Morgan fingerprint density at radius 2 is 1.39 bits per heavy atom. The van der Waals surface area contributed by atoms with Crippen molar-refractivity contribution in [1.82, 2.24) is 0 Å². The molecule has 5 heteroatoms. The maximum atomic E-state index is 13.7. The monoisotopic (exact) mass is 630 g/mol. The van der Waals surface area contributed by atoms with Crippen molar-refractivity contribution >= 4 is 17.5 Å². The first-order valence-corrected chi connectivity index (χ1v) is 19.2. The Kier molecular flexibility index (Phi) is 7.45. The van der Waals surface area contributed by atoms with Crippen molar-refractivity contribution < 1.29 is 24.2 Å². The number of ketones is 2. The number of rotatable bonds is 4. The van der Waals surface area contributed by atoms with Gasteiger partial charge in [0.15, 0.2) is 11.6 Å². The predicted molar refractivity (Wildman–Crippen MR) is 177 cm³/mol. The molecule has 13 atom stereocenters. The number of aliphatic hydroxyl groups excluding tert-OH is 1. The Morgan fingerprint density at radius 1 is 0.739 bits per heavy atom. The van der Waals surface area contributed by atoms with Gasteiger partial charge in [-0.05, 0) is 160 Å². The van der Waals surface area contributed by atoms with Crippen LogP contribution in [0.15, 0.2) is 23.3 Å². The molecule has 0 aromatic heterocycles. The molecule has 0 heterocycles. The van der Waals surface area contributed by atoms with Crippen LogP contribution in [-0.4, -0.2) is 34.9 Å². The van der Waals surface area contributed by atoms with Crippen LogP contribution in [-0.2, 0) is 19.1 Å². The van der Waals surface area contributed by atoms with Gasteiger partial charge in [0.1, 0.15) is 6.10 Å². The molecule has 6 saturated carbocycles. The molecular formula is C41H58O5. The molecule has 0 aromatic rings. The van der Waals surface area contributed by atoms with E-state index >= 15 is 0 Å². The number of hydrogen-bond donors (Lipinski definition) is 1. The van der Waals surface area contributed by atoms with Crippen molar-refractivity contribution in [3.05, 3.63) is 23.3 Å². The lowest BCUT2D eigenvalue weighted by Crippen LogP contribution is -2.54. The first kappa shape index (κ1) is 31.5. The molecule has 0 aliphatic heterocycles. The number of carbonyl (C=O) groups excluding carboxylic acids is 3. The van der Waals surface area contributed by atoms with Crippen LogP contribution >= 0.6 is 0 Å². The Morgan fingerprint density at radius 3 is 2.20 bits per heavy atom. The molecule has 0 aromatic carbocycles. The van der Waals surface area contributed by atoms with Gasteiger partial charge in [0.25, 0.3) is 0 Å². The smallest absolute Gasteiger partial charge is 0.306 e. The molecule has 8 aliphatic carbocycles. The van der Waals surface area contributed by atoms with Crippen molar-refractivity contribution in [2.75, 3.05) is 0 Å². The summed E-state index contributed by atoms with van der Waals surface area (Å²) in [4.78, 5) is 38.9. The summed E-state index contributed by atoms with van der Waals surface area (Å²) in [5, 5.41) is 10.9. The Balaban J connectivity index is 0.943. The van der Waals surface area contributed by atoms with E-state index < -0.39 is 0 Å². The molecule has 46 heavy (non-hydrogen) atoms. The Hall–Kier alpha value is -1.75. The number of carbonyl (C=O) groups is 3. The number of hydrogen-bond acceptors (Lipinski definition) is 5. The Labute approximate surface area is 276 Å². The van der Waals surface area contributed by atoms with Crippen molar-refractivity contribution in [1.29, 1.82) is 0 Å². The van der Waals surface area contributed by atoms with Gasteiger partial charge < -0.3 is 9.84 Å². The van der Waals surface area contributed by atoms with Gasteiger partial charge >= 0.3 is 5.97 Å². The SMILES string of the molecule is C[C@]12CC[C@H]3[C@@H](CCC4=CC(=O)CC[C@@]43C)[C@@H]1CC[C@@H]2OC(=O)CCC1CC(=O)C=C2CC[C@H]3[C@@H]4CC[C@H](O)[C@@]4(C)CC[C@@H]3[C@]21C. The normalized spacial score (nSPS) is 51.0. The van der Waals surface area contributed by atoms with Gasteiger partial charge in [0, 0.05) is 24.7 Å². The first-order valence-electron chi connectivity index (χ1n) is 19.2. The maximum absolute atomic E-state index is 13.7. The van der Waals surface area contributed by atoms with Crippen molar-refractivity contribution in [2.45, 2.75) is 149 Å². The highest BCUT2D eigenvalue weighted by Crippen LogP contribution is 2.68. The third-order valence-corrected chi connectivity index (χ3v) is 17.1. The van der Waals surface area contributed by atoms with E-state index in [4.69, 9.17) is 4.74 Å². The highest BCUT2D eigenvalue weighted by Gasteiger charge is 2.62. The lowest BCUT2D eigenvalue weighted by atomic mass is 9.45. The molecule has 1 N–H and O–H groups in total. The number of allylic oxidation sites excluding steroid dienone is 2. The van der Waals surface area contributed by atoms with Gasteiger partial charge in [0.05, 0.1) is 6.10 Å². The van der Waals surface area contributed by atoms with Crippen LogP contribution in [0.2, 0.25) is 0 Å². The lowest BCUT2D eigenvalue weighted by molar-refractivity contribution is -0.161. The first-order chi connectivity index (χ1) is 21.9. The second kappa shape index (κ2) is 10.9. The molecule has 0 saturated heterocycles. The van der Waals surface area contributed by atoms with Crippen LogP contribution in [0.5, 0.6) is 0 Å². The van der Waals surface area contributed by atoms with Crippen LogP contribution in [0.4, 0.5) is 0 Å². The number of esters is 1. The molecule has 0 bridgehead atoms. The summed E-state index contributed by atoms with van der Waals surface area (Å²) in [5.74, 6) is 4.29. The summed E-state index contributed by atoms with van der Waals surface area (Å²) in [5.41, 5.74) is 2.97. The zero-order chi connectivity index (χ0) is 32.2. The fraction of sp³-hybridized carbons (Fsp3) is 0.829. The molecule has 252 valence electrons. The van der Waals surface area contributed by atoms with Crippen LogP contribution in [0.1, 0.15) is 137 Å². The fourth-order valence-corrected chi connectivity index (χ4v) is 14.4. The summed E-state index contributed by atoms with van der Waals surface area (Å²) in [7, 11) is 0. The summed E-state index contributed by atoms with van der Waals surface area (Å²) in [6.07, 6.45) is 20.2. The van der Waals surface area contributed by atoms with Gasteiger partial charge in [-0.2, -0.15) is 0 Å². The standard InChI is InChI=1S/C41H58O5/c1-38-18-15-27(42)21-24(38)5-8-29-32-11-13-36(40(32,3)20-16-33(29)38)46-37(45)14-7-26-23-28(43)22-25-6-9-30-31-10-12-35(44)39(31,2)19-17-34(30)41(25,26)4/h21-22,26,29-36,44H,5-20,23H2,1-4H3/t26?,29-,30-,31-,32-,33-,34-,35-,36-,38-,39-,40-,41+/m0/s1. The number of ether oxygens (including phenoxy) is 1. The summed E-state index contributed by atoms with van der Waals surface area (Å²) in [6, 6.07) is 0. The summed E-state index contributed by atoms with van der Waals surface area (Å²) >= 11 is 0. The molecule has 1 unspecified atom stereocenters. The summed E-state index contributed by atoms with van der Waals surface area (Å²) in [6.45, 7) is 9.61. The highest BCUT2D eigenvalue weighted by atomic mass is 16.5. The molecule has 8 aliphatic rings. The van der Waals surface area contributed by atoms with Gasteiger partial charge in [-0.3, -0.25) is 14.4 Å². The minimum Gasteiger partial charge on any atom is -0.462 e. The van der Waals surface area contributed by atoms with E-state index in [0.29, 0.717) is 60.6 Å². The van der Waals surface area contributed by atoms with E-state index in [2.05, 4.69) is 27.7 Å². The number of fused-ring (bicyclic) bond motifs is 10. The van der Waals surface area contributed by atoms with E-state index in [0.717, 1.165) is 77.0 Å². The quantitative estimate of drug-likeness (QED) is 0.316. The minimum atomic E-state index is -0.178. The zero-order valence-corrected chi connectivity index (χ0v) is 29.0. The van der Waals surface area contributed by atoms with Crippen molar-refractivity contribution in [2.24, 2.45) is 63.1 Å². The molecule has 5 nitrogen and oxygen atoms in total. The molecule has 0 amide bonds. The maximum Gasteiger partial charge on any atom is 0.306 e. The molecule has 6 fully saturated rings. The van der Waals surface area contributed by atoms with Crippen LogP contribution in [0.3, 0.4) is 0 Å². The zero-order valence-electron chi connectivity index (χ0n) is 29.0. The third kappa shape index (κ3) is 4.44.